The summed E-state index contributed by atoms with van der Waals surface area (Å²) in [4.78, 5) is 14.0. The number of nitrogens with zero attached hydrogens (tertiary/aromatic N) is 1. The molecule has 2 unspecified atom stereocenters. The number of nitrogens with two attached hydrogens (primary N) is 1. The molecule has 0 spiro atoms. The lowest BCUT2D eigenvalue weighted by Crippen LogP contribution is -2.39. The summed E-state index contributed by atoms with van der Waals surface area (Å²) in [7, 11) is 0. The van der Waals surface area contributed by atoms with Gasteiger partial charge >= 0.3 is 0 Å². The molecule has 1 aromatic carbocycles. The Balaban J connectivity index is 0.00000220. The summed E-state index contributed by atoms with van der Waals surface area (Å²) in [6.45, 7) is 3.62. The third-order valence-electron chi connectivity index (χ3n) is 3.48. The number of halogens is 3. The monoisotopic (exact) mass is 336 g/mol. The van der Waals surface area contributed by atoms with Crippen LogP contribution < -0.4 is 10.5 Å². The van der Waals surface area contributed by atoms with Crippen molar-refractivity contribution in [1.82, 2.24) is 4.90 Å². The lowest BCUT2D eigenvalue weighted by molar-refractivity contribution is -0.136. The fourth-order valence-electron chi connectivity index (χ4n) is 2.29. The molecule has 0 bridgehead atoms. The van der Waals surface area contributed by atoms with Crippen LogP contribution in [-0.2, 0) is 4.79 Å². The molecule has 7 heteroatoms. The molecular weight excluding hydrogens is 318 g/mol. The van der Waals surface area contributed by atoms with E-state index in [4.69, 9.17) is 22.1 Å². The van der Waals surface area contributed by atoms with Crippen LogP contribution in [0.15, 0.2) is 18.2 Å². The summed E-state index contributed by atoms with van der Waals surface area (Å²) >= 11 is 5.88. The van der Waals surface area contributed by atoms with Crippen LogP contribution in [0, 0.1) is 11.7 Å². The molecule has 4 nitrogen and oxygen atoms in total. The van der Waals surface area contributed by atoms with E-state index in [2.05, 4.69) is 0 Å². The van der Waals surface area contributed by atoms with Crippen molar-refractivity contribution >= 4 is 29.9 Å². The zero-order valence-electron chi connectivity index (χ0n) is 11.7. The van der Waals surface area contributed by atoms with Crippen molar-refractivity contribution in [2.45, 2.75) is 19.4 Å². The van der Waals surface area contributed by atoms with Crippen molar-refractivity contribution < 1.29 is 13.9 Å². The van der Waals surface area contributed by atoms with Crippen LogP contribution in [-0.4, -0.2) is 36.5 Å². The first kappa shape index (κ1) is 18.0. The molecule has 2 N–H and O–H groups in total. The van der Waals surface area contributed by atoms with Crippen molar-refractivity contribution in [1.29, 1.82) is 0 Å². The van der Waals surface area contributed by atoms with Gasteiger partial charge in [0, 0.05) is 13.1 Å². The van der Waals surface area contributed by atoms with Crippen LogP contribution in [0.25, 0.3) is 0 Å². The first-order valence-electron chi connectivity index (χ1n) is 6.62. The zero-order chi connectivity index (χ0) is 14.7. The van der Waals surface area contributed by atoms with E-state index in [0.29, 0.717) is 31.3 Å². The van der Waals surface area contributed by atoms with Crippen molar-refractivity contribution in [3.63, 3.8) is 0 Å². The Hall–Kier alpha value is -1.04. The summed E-state index contributed by atoms with van der Waals surface area (Å²) in [5.74, 6) is 0.136. The Labute approximate surface area is 134 Å². The van der Waals surface area contributed by atoms with Gasteiger partial charge in [-0.2, -0.15) is 0 Å². The number of carbonyl (C=O) groups is 1. The van der Waals surface area contributed by atoms with E-state index in [1.165, 1.54) is 12.1 Å². The van der Waals surface area contributed by atoms with E-state index >= 15 is 0 Å². The highest BCUT2D eigenvalue weighted by molar-refractivity contribution is 6.32. The first-order valence-corrected chi connectivity index (χ1v) is 6.99. The highest BCUT2D eigenvalue weighted by Crippen LogP contribution is 2.26. The molecule has 0 aromatic heterocycles. The number of amides is 1. The maximum Gasteiger partial charge on any atom is 0.263 e. The highest BCUT2D eigenvalue weighted by atomic mass is 35.5. The number of rotatable bonds is 4. The van der Waals surface area contributed by atoms with E-state index in [9.17, 15) is 9.18 Å². The minimum Gasteiger partial charge on any atom is -0.479 e. The second-order valence-corrected chi connectivity index (χ2v) is 5.42. The van der Waals surface area contributed by atoms with Gasteiger partial charge in [0.1, 0.15) is 11.6 Å². The quantitative estimate of drug-likeness (QED) is 0.918. The largest absolute Gasteiger partial charge is 0.479 e. The van der Waals surface area contributed by atoms with Gasteiger partial charge in [0.25, 0.3) is 5.91 Å². The molecule has 0 radical (unpaired) electrons. The van der Waals surface area contributed by atoms with Gasteiger partial charge in [-0.1, -0.05) is 11.6 Å². The van der Waals surface area contributed by atoms with Gasteiger partial charge in [0.05, 0.1) is 5.02 Å². The molecule has 2 atom stereocenters. The SMILES string of the molecule is CC(Oc1ccc(F)cc1Cl)C(=O)N1CCC(CN)C1.Cl. The maximum absolute atomic E-state index is 12.9. The summed E-state index contributed by atoms with van der Waals surface area (Å²) in [6.07, 6.45) is 0.265. The van der Waals surface area contributed by atoms with E-state index in [1.807, 2.05) is 0 Å². The van der Waals surface area contributed by atoms with Gasteiger partial charge in [-0.15, -0.1) is 12.4 Å². The minimum absolute atomic E-state index is 0. The maximum atomic E-state index is 12.9. The van der Waals surface area contributed by atoms with Crippen molar-refractivity contribution in [2.24, 2.45) is 11.7 Å². The van der Waals surface area contributed by atoms with Gasteiger partial charge in [-0.3, -0.25) is 4.79 Å². The average molecular weight is 337 g/mol. The Kier molecular flexibility index (Phi) is 6.71. The second-order valence-electron chi connectivity index (χ2n) is 5.01. The lowest BCUT2D eigenvalue weighted by Gasteiger charge is -2.22. The number of likely N-dealkylation sites (tertiary alicyclic amines) is 1. The Bertz CT molecular complexity index is 502. The van der Waals surface area contributed by atoms with E-state index < -0.39 is 11.9 Å². The van der Waals surface area contributed by atoms with Gasteiger partial charge < -0.3 is 15.4 Å². The fourth-order valence-corrected chi connectivity index (χ4v) is 2.51. The van der Waals surface area contributed by atoms with Crippen molar-refractivity contribution in [2.75, 3.05) is 19.6 Å². The fraction of sp³-hybridized carbons (Fsp3) is 0.500. The molecule has 1 amide bonds. The van der Waals surface area contributed by atoms with Gasteiger partial charge in [0.2, 0.25) is 0 Å². The molecule has 118 valence electrons. The Morgan fingerprint density at radius 3 is 2.90 bits per heavy atom. The van der Waals surface area contributed by atoms with Gasteiger partial charge in [0.15, 0.2) is 6.10 Å². The number of ether oxygens (including phenoxy) is 1. The predicted octanol–water partition coefficient (Wildman–Crippen LogP) is 2.48. The molecule has 1 heterocycles. The molecule has 1 aliphatic heterocycles. The number of carbonyl (C=O) groups excluding carboxylic acids is 1. The molecule has 1 saturated heterocycles. The number of hydrogen-bond acceptors (Lipinski definition) is 3. The normalized spacial score (nSPS) is 19.0. The molecule has 0 saturated carbocycles. The summed E-state index contributed by atoms with van der Waals surface area (Å²) < 4.78 is 18.5. The molecule has 1 fully saturated rings. The molecule has 1 aromatic rings. The van der Waals surface area contributed by atoms with Crippen LogP contribution in [0.1, 0.15) is 13.3 Å². The highest BCUT2D eigenvalue weighted by Gasteiger charge is 2.29. The van der Waals surface area contributed by atoms with Crippen molar-refractivity contribution in [3.05, 3.63) is 29.0 Å². The van der Waals surface area contributed by atoms with E-state index in [-0.39, 0.29) is 23.3 Å². The standard InChI is InChI=1S/C14H18ClFN2O2.ClH/c1-9(14(19)18-5-4-10(7-17)8-18)20-13-3-2-11(16)6-12(13)15;/h2-3,6,9-10H,4-5,7-8,17H2,1H3;1H. The van der Waals surface area contributed by atoms with Crippen molar-refractivity contribution in [3.8, 4) is 5.75 Å². The summed E-state index contributed by atoms with van der Waals surface area (Å²) in [5, 5.41) is 0.158. The topological polar surface area (TPSA) is 55.6 Å². The minimum atomic E-state index is -0.658. The third kappa shape index (κ3) is 4.46. The van der Waals surface area contributed by atoms with Crippen LogP contribution >= 0.6 is 24.0 Å². The van der Waals surface area contributed by atoms with Crippen LogP contribution in [0.3, 0.4) is 0 Å². The lowest BCUT2D eigenvalue weighted by atomic mass is 10.1. The van der Waals surface area contributed by atoms with Gasteiger partial charge in [-0.05, 0) is 44.0 Å². The Morgan fingerprint density at radius 2 is 2.33 bits per heavy atom. The summed E-state index contributed by atoms with van der Waals surface area (Å²) in [5.41, 5.74) is 5.61. The number of hydrogen-bond donors (Lipinski definition) is 1. The third-order valence-corrected chi connectivity index (χ3v) is 3.77. The number of benzene rings is 1. The van der Waals surface area contributed by atoms with Crippen LogP contribution in [0.5, 0.6) is 5.75 Å². The van der Waals surface area contributed by atoms with Crippen LogP contribution in [0.4, 0.5) is 4.39 Å². The molecule has 2 rings (SSSR count). The molecule has 0 aliphatic carbocycles. The van der Waals surface area contributed by atoms with E-state index in [1.54, 1.807) is 11.8 Å². The van der Waals surface area contributed by atoms with Gasteiger partial charge in [-0.25, -0.2) is 4.39 Å². The zero-order valence-corrected chi connectivity index (χ0v) is 13.3. The molecular formula is C14H19Cl2FN2O2. The first-order chi connectivity index (χ1) is 9.51. The summed E-state index contributed by atoms with van der Waals surface area (Å²) in [6, 6.07) is 3.83. The molecule has 1 aliphatic rings. The van der Waals surface area contributed by atoms with E-state index in [0.717, 1.165) is 12.5 Å². The smallest absolute Gasteiger partial charge is 0.263 e. The Morgan fingerprint density at radius 1 is 1.62 bits per heavy atom. The average Bonchev–Trinajstić information content (AvgIpc) is 2.89. The second kappa shape index (κ2) is 7.82. The predicted molar refractivity (Wildman–Crippen MR) is 82.5 cm³/mol. The molecule has 21 heavy (non-hydrogen) atoms. The van der Waals surface area contributed by atoms with Crippen LogP contribution in [0.2, 0.25) is 5.02 Å².